The van der Waals surface area contributed by atoms with E-state index in [0.717, 1.165) is 11.3 Å². The number of nitrogens with two attached hydrogens (primary N) is 1. The smallest absolute Gasteiger partial charge is 0.351 e. The van der Waals surface area contributed by atoms with E-state index in [1.165, 1.54) is 16.8 Å². The maximum absolute atomic E-state index is 12.2. The Morgan fingerprint density at radius 1 is 1.19 bits per heavy atom. The highest BCUT2D eigenvalue weighted by Crippen LogP contribution is 2.43. The van der Waals surface area contributed by atoms with E-state index in [0.29, 0.717) is 0 Å². The van der Waals surface area contributed by atoms with E-state index in [2.05, 4.69) is 4.98 Å². The first kappa shape index (κ1) is 17.0. The van der Waals surface area contributed by atoms with Gasteiger partial charge in [0.2, 0.25) is 0 Å². The van der Waals surface area contributed by atoms with E-state index in [1.807, 2.05) is 24.3 Å². The Bertz CT molecular complexity index is 839. The normalized spacial score (nSPS) is 30.3. The molecule has 1 aromatic heterocycles. The van der Waals surface area contributed by atoms with Crippen LogP contribution in [0.5, 0.6) is 5.75 Å². The zero-order valence-corrected chi connectivity index (χ0v) is 14.0. The number of aliphatic hydroxyl groups excluding tert-OH is 1. The van der Waals surface area contributed by atoms with Crippen LogP contribution in [0.25, 0.3) is 0 Å². The average Bonchev–Trinajstić information content (AvgIpc) is 3.21. The summed E-state index contributed by atoms with van der Waals surface area (Å²) < 4.78 is 24.2. The van der Waals surface area contributed by atoms with Crippen LogP contribution in [0.4, 0.5) is 5.82 Å². The third-order valence-electron chi connectivity index (χ3n) is 4.54. The van der Waals surface area contributed by atoms with Gasteiger partial charge in [0.15, 0.2) is 12.5 Å². The lowest BCUT2D eigenvalue weighted by molar-refractivity contribution is -0.155. The first-order chi connectivity index (χ1) is 12.6. The third kappa shape index (κ3) is 2.84. The van der Waals surface area contributed by atoms with Crippen LogP contribution in [-0.2, 0) is 14.2 Å². The Morgan fingerprint density at radius 3 is 2.58 bits per heavy atom. The number of nitrogens with zero attached hydrogens (tertiary/aromatic N) is 2. The van der Waals surface area contributed by atoms with Crippen LogP contribution in [0.3, 0.4) is 0 Å². The molecule has 1 unspecified atom stereocenters. The Labute approximate surface area is 148 Å². The highest BCUT2D eigenvalue weighted by molar-refractivity contribution is 5.28. The number of hydrogen-bond donors (Lipinski definition) is 2. The van der Waals surface area contributed by atoms with Crippen LogP contribution in [-0.4, -0.2) is 46.7 Å². The maximum Gasteiger partial charge on any atom is 0.351 e. The lowest BCUT2D eigenvalue weighted by atomic mass is 10.1. The van der Waals surface area contributed by atoms with Crippen molar-refractivity contribution in [2.75, 3.05) is 19.5 Å². The molecule has 2 aromatic rings. The van der Waals surface area contributed by atoms with Gasteiger partial charge < -0.3 is 29.8 Å². The van der Waals surface area contributed by atoms with Gasteiger partial charge in [0, 0.05) is 11.8 Å². The first-order valence-corrected chi connectivity index (χ1v) is 8.16. The fourth-order valence-corrected chi connectivity index (χ4v) is 3.24. The molecule has 3 N–H and O–H groups in total. The van der Waals surface area contributed by atoms with Gasteiger partial charge in [-0.2, -0.15) is 4.98 Å². The van der Waals surface area contributed by atoms with Gasteiger partial charge in [-0.15, -0.1) is 0 Å². The van der Waals surface area contributed by atoms with E-state index in [1.54, 1.807) is 7.11 Å². The predicted molar refractivity (Wildman–Crippen MR) is 89.4 cm³/mol. The van der Waals surface area contributed by atoms with E-state index >= 15 is 0 Å². The maximum atomic E-state index is 12.2. The number of methoxy groups -OCH3 is 1. The van der Waals surface area contributed by atoms with Crippen molar-refractivity contribution in [2.45, 2.75) is 30.8 Å². The number of rotatable bonds is 4. The fraction of sp³-hybridized carbons (Fsp3) is 0.412. The summed E-state index contributed by atoms with van der Waals surface area (Å²) in [7, 11) is 1.59. The van der Waals surface area contributed by atoms with Crippen molar-refractivity contribution < 1.29 is 24.1 Å². The Kier molecular flexibility index (Phi) is 4.37. The second kappa shape index (κ2) is 6.69. The van der Waals surface area contributed by atoms with E-state index in [4.69, 9.17) is 24.7 Å². The molecule has 2 aliphatic rings. The molecule has 1 aromatic carbocycles. The van der Waals surface area contributed by atoms with Gasteiger partial charge in [0.1, 0.15) is 29.9 Å². The van der Waals surface area contributed by atoms with Gasteiger partial charge in [-0.25, -0.2) is 4.79 Å². The van der Waals surface area contributed by atoms with E-state index < -0.39 is 36.5 Å². The van der Waals surface area contributed by atoms with Crippen molar-refractivity contribution >= 4 is 5.82 Å². The minimum absolute atomic E-state index is 0.124. The number of ether oxygens (including phenoxy) is 4. The van der Waals surface area contributed by atoms with Gasteiger partial charge in [-0.05, 0) is 18.2 Å². The summed E-state index contributed by atoms with van der Waals surface area (Å²) in [6, 6.07) is 8.80. The highest BCUT2D eigenvalue weighted by atomic mass is 16.8. The Balaban J connectivity index is 1.61. The summed E-state index contributed by atoms with van der Waals surface area (Å²) in [5.41, 5.74) is 5.79. The molecule has 3 heterocycles. The third-order valence-corrected chi connectivity index (χ3v) is 4.54. The van der Waals surface area contributed by atoms with Crippen molar-refractivity contribution in [3.63, 3.8) is 0 Å². The van der Waals surface area contributed by atoms with Crippen molar-refractivity contribution in [2.24, 2.45) is 0 Å². The van der Waals surface area contributed by atoms with Crippen LogP contribution in [0.2, 0.25) is 0 Å². The lowest BCUT2D eigenvalue weighted by Crippen LogP contribution is -2.34. The summed E-state index contributed by atoms with van der Waals surface area (Å²) >= 11 is 0. The van der Waals surface area contributed by atoms with E-state index in [-0.39, 0.29) is 12.4 Å². The van der Waals surface area contributed by atoms with Crippen molar-refractivity contribution in [3.05, 3.63) is 52.6 Å². The Morgan fingerprint density at radius 2 is 1.92 bits per heavy atom. The topological polar surface area (TPSA) is 118 Å². The summed E-state index contributed by atoms with van der Waals surface area (Å²) in [5, 5.41) is 9.62. The minimum Gasteiger partial charge on any atom is -0.497 e. The fourth-order valence-electron chi connectivity index (χ4n) is 3.24. The molecule has 0 saturated carbocycles. The molecule has 9 nitrogen and oxygen atoms in total. The zero-order chi connectivity index (χ0) is 18.3. The number of anilines is 1. The molecule has 2 aliphatic heterocycles. The molecular weight excluding hydrogens is 342 g/mol. The van der Waals surface area contributed by atoms with E-state index in [9.17, 15) is 9.90 Å². The molecule has 9 heteroatoms. The molecule has 5 atom stereocenters. The monoisotopic (exact) mass is 361 g/mol. The quantitative estimate of drug-likeness (QED) is 0.793. The predicted octanol–water partition coefficient (Wildman–Crippen LogP) is 0.207. The van der Waals surface area contributed by atoms with Crippen molar-refractivity contribution in [1.82, 2.24) is 9.55 Å². The molecule has 0 amide bonds. The molecule has 2 fully saturated rings. The number of hydrogen-bond acceptors (Lipinski definition) is 8. The second-order valence-electron chi connectivity index (χ2n) is 6.10. The molecule has 0 bridgehead atoms. The summed E-state index contributed by atoms with van der Waals surface area (Å²) in [4.78, 5) is 15.9. The number of fused-ring (bicyclic) bond motifs is 1. The molecule has 2 saturated heterocycles. The van der Waals surface area contributed by atoms with Gasteiger partial charge in [-0.3, -0.25) is 4.57 Å². The van der Waals surface area contributed by atoms with Crippen LogP contribution in [0, 0.1) is 0 Å². The summed E-state index contributed by atoms with van der Waals surface area (Å²) in [6.07, 6.45) is -1.59. The summed E-state index contributed by atoms with van der Waals surface area (Å²) in [5.74, 6) is 0.847. The molecule has 0 spiro atoms. The zero-order valence-electron chi connectivity index (χ0n) is 14.0. The van der Waals surface area contributed by atoms with Crippen LogP contribution < -0.4 is 16.2 Å². The number of nitrogen functional groups attached to an aromatic ring is 1. The molecular formula is C17H19N3O6. The van der Waals surface area contributed by atoms with Crippen LogP contribution in [0.15, 0.2) is 41.3 Å². The molecule has 26 heavy (non-hydrogen) atoms. The van der Waals surface area contributed by atoms with Crippen LogP contribution >= 0.6 is 0 Å². The van der Waals surface area contributed by atoms with Crippen LogP contribution in [0.1, 0.15) is 18.1 Å². The molecule has 138 valence electrons. The largest absolute Gasteiger partial charge is 0.497 e. The number of aromatic nitrogens is 2. The lowest BCUT2D eigenvalue weighted by Gasteiger charge is -2.21. The number of benzene rings is 1. The van der Waals surface area contributed by atoms with Gasteiger partial charge in [-0.1, -0.05) is 12.1 Å². The molecule has 0 aliphatic carbocycles. The van der Waals surface area contributed by atoms with Gasteiger partial charge in [0.05, 0.1) is 13.7 Å². The highest BCUT2D eigenvalue weighted by Gasteiger charge is 2.53. The van der Waals surface area contributed by atoms with Crippen molar-refractivity contribution in [1.29, 1.82) is 0 Å². The second-order valence-corrected chi connectivity index (χ2v) is 6.10. The minimum atomic E-state index is -0.763. The first-order valence-electron chi connectivity index (χ1n) is 8.16. The Hall–Kier alpha value is -2.46. The SMILES string of the molecule is COc1ccc(C2O[C@@H]3[C@H](O2)[C@@H](CO)O[C@H]3n2ccc(N)nc2=O)cc1. The average molecular weight is 361 g/mol. The molecule has 4 rings (SSSR count). The number of aliphatic hydroxyl groups is 1. The van der Waals surface area contributed by atoms with Gasteiger partial charge >= 0.3 is 5.69 Å². The standard InChI is InChI=1S/C17H19N3O6/c1-23-10-4-2-9(3-5-10)16-25-13-11(8-21)24-15(14(13)26-16)20-7-6-12(18)19-17(20)22/h2-7,11,13-16,21H,8H2,1H3,(H2,18,19,22)/t11-,13-,14-,15-,16?/m1/s1. The van der Waals surface area contributed by atoms with Gasteiger partial charge in [0.25, 0.3) is 0 Å². The summed E-state index contributed by atoms with van der Waals surface area (Å²) in [6.45, 7) is -0.256. The van der Waals surface area contributed by atoms with Crippen molar-refractivity contribution in [3.8, 4) is 5.75 Å². The molecule has 0 radical (unpaired) electrons.